The molecule has 234 valence electrons. The van der Waals surface area contributed by atoms with Gasteiger partial charge in [0.1, 0.15) is 23.9 Å². The molecular formula is C25H42N10O7. The number of nitrogens with zero attached hydrogens (tertiary/aromatic N) is 2. The Morgan fingerprint density at radius 1 is 0.810 bits per heavy atom. The maximum atomic E-state index is 13.2. The van der Waals surface area contributed by atoms with Crippen molar-refractivity contribution in [1.29, 1.82) is 0 Å². The second-order valence-electron chi connectivity index (χ2n) is 9.56. The lowest BCUT2D eigenvalue weighted by Crippen LogP contribution is -2.60. The number of aliphatic imine (C=N–C) groups is 2. The number of hydrogen-bond acceptors (Lipinski definition) is 9. The number of guanidine groups is 2. The first-order valence-electron chi connectivity index (χ1n) is 13.2. The number of aliphatic hydroxyl groups excluding tert-OH is 1. The lowest BCUT2D eigenvalue weighted by atomic mass is 10.0. The van der Waals surface area contributed by atoms with Gasteiger partial charge in [0.2, 0.25) is 17.7 Å². The second-order valence-corrected chi connectivity index (χ2v) is 9.56. The fourth-order valence-electron chi connectivity index (χ4n) is 3.69. The van der Waals surface area contributed by atoms with E-state index < -0.39 is 54.0 Å². The van der Waals surface area contributed by atoms with Crippen molar-refractivity contribution in [3.63, 3.8) is 0 Å². The van der Waals surface area contributed by atoms with Gasteiger partial charge in [0.25, 0.3) is 0 Å². The predicted molar refractivity (Wildman–Crippen MR) is 155 cm³/mol. The first-order chi connectivity index (χ1) is 19.7. The highest BCUT2D eigenvalue weighted by Gasteiger charge is 2.32. The van der Waals surface area contributed by atoms with Crippen LogP contribution in [0.4, 0.5) is 0 Å². The summed E-state index contributed by atoms with van der Waals surface area (Å²) in [5.74, 6) is -4.08. The average Bonchev–Trinajstić information content (AvgIpc) is 2.91. The van der Waals surface area contributed by atoms with E-state index >= 15 is 0 Å². The van der Waals surface area contributed by atoms with Crippen molar-refractivity contribution in [2.75, 3.05) is 13.1 Å². The van der Waals surface area contributed by atoms with Crippen LogP contribution in [0, 0.1) is 0 Å². The molecule has 0 saturated heterocycles. The maximum Gasteiger partial charge on any atom is 0.326 e. The number of aliphatic hydroxyl groups is 1. The van der Waals surface area contributed by atoms with Crippen molar-refractivity contribution in [1.82, 2.24) is 16.0 Å². The first-order valence-corrected chi connectivity index (χ1v) is 13.2. The number of carbonyl (C=O) groups excluding carboxylic acids is 3. The van der Waals surface area contributed by atoms with E-state index in [0.29, 0.717) is 12.0 Å². The maximum absolute atomic E-state index is 13.2. The van der Waals surface area contributed by atoms with E-state index in [0.717, 1.165) is 0 Å². The number of nitrogens with one attached hydrogen (secondary N) is 3. The molecule has 0 aliphatic carbocycles. The molecule has 5 atom stereocenters. The molecule has 0 spiro atoms. The van der Waals surface area contributed by atoms with E-state index in [1.54, 1.807) is 0 Å². The number of aromatic hydroxyl groups is 1. The van der Waals surface area contributed by atoms with Crippen LogP contribution in [0.3, 0.4) is 0 Å². The molecule has 0 saturated carbocycles. The van der Waals surface area contributed by atoms with Gasteiger partial charge >= 0.3 is 5.97 Å². The van der Waals surface area contributed by atoms with Crippen molar-refractivity contribution < 1.29 is 34.5 Å². The minimum absolute atomic E-state index is 0.00877. The number of phenols is 1. The number of carboxylic acids is 1. The van der Waals surface area contributed by atoms with Crippen LogP contribution in [0.15, 0.2) is 34.3 Å². The number of carboxylic acid groups (broad SMARTS) is 1. The van der Waals surface area contributed by atoms with E-state index in [1.807, 2.05) is 0 Å². The third-order valence-corrected chi connectivity index (χ3v) is 5.94. The number of phenolic OH excluding ortho intramolecular Hbond substituents is 1. The molecule has 1 aromatic carbocycles. The Labute approximate surface area is 243 Å². The van der Waals surface area contributed by atoms with E-state index in [-0.39, 0.29) is 56.4 Å². The molecule has 0 aliphatic heterocycles. The summed E-state index contributed by atoms with van der Waals surface area (Å²) in [4.78, 5) is 58.4. The largest absolute Gasteiger partial charge is 0.508 e. The lowest BCUT2D eigenvalue weighted by molar-refractivity contribution is -0.142. The van der Waals surface area contributed by atoms with Gasteiger partial charge in [0.05, 0.1) is 12.1 Å². The quantitative estimate of drug-likeness (QED) is 0.0444. The fourth-order valence-corrected chi connectivity index (χ4v) is 3.69. The minimum Gasteiger partial charge on any atom is -0.508 e. The Hall–Kier alpha value is -4.64. The molecule has 0 fully saturated rings. The predicted octanol–water partition coefficient (Wildman–Crippen LogP) is -3.71. The molecule has 1 rings (SSSR count). The Balaban J connectivity index is 3.04. The number of amides is 3. The van der Waals surface area contributed by atoms with Crippen LogP contribution in [0.5, 0.6) is 5.75 Å². The molecule has 42 heavy (non-hydrogen) atoms. The van der Waals surface area contributed by atoms with Gasteiger partial charge in [-0.25, -0.2) is 4.79 Å². The molecule has 0 heterocycles. The lowest BCUT2D eigenvalue weighted by Gasteiger charge is -2.26. The summed E-state index contributed by atoms with van der Waals surface area (Å²) in [5, 5.41) is 36.7. The smallest absolute Gasteiger partial charge is 0.326 e. The number of rotatable bonds is 18. The Bertz CT molecular complexity index is 1100. The van der Waals surface area contributed by atoms with Gasteiger partial charge in [-0.05, 0) is 50.3 Å². The van der Waals surface area contributed by atoms with Gasteiger partial charge in [0, 0.05) is 19.5 Å². The number of nitrogens with two attached hydrogens (primary N) is 5. The van der Waals surface area contributed by atoms with E-state index in [4.69, 9.17) is 28.7 Å². The van der Waals surface area contributed by atoms with Crippen LogP contribution in [-0.2, 0) is 25.6 Å². The van der Waals surface area contributed by atoms with Gasteiger partial charge in [-0.2, -0.15) is 0 Å². The summed E-state index contributed by atoms with van der Waals surface area (Å²) in [6.07, 6.45) is -0.699. The van der Waals surface area contributed by atoms with Gasteiger partial charge in [-0.1, -0.05) is 12.1 Å². The van der Waals surface area contributed by atoms with Crippen LogP contribution in [0.25, 0.3) is 0 Å². The van der Waals surface area contributed by atoms with Crippen LogP contribution < -0.4 is 44.6 Å². The number of carbonyl (C=O) groups is 4. The summed E-state index contributed by atoms with van der Waals surface area (Å²) in [5.41, 5.74) is 27.5. The summed E-state index contributed by atoms with van der Waals surface area (Å²) in [6.45, 7) is 1.64. The fraction of sp³-hybridized carbons (Fsp3) is 0.520. The van der Waals surface area contributed by atoms with Gasteiger partial charge in [-0.3, -0.25) is 24.4 Å². The molecule has 3 amide bonds. The third-order valence-electron chi connectivity index (χ3n) is 5.94. The highest BCUT2D eigenvalue weighted by Crippen LogP contribution is 2.12. The molecule has 0 aliphatic rings. The van der Waals surface area contributed by atoms with Gasteiger partial charge in [0.15, 0.2) is 11.9 Å². The normalized spacial score (nSPS) is 14.3. The second kappa shape index (κ2) is 17.9. The van der Waals surface area contributed by atoms with Gasteiger partial charge < -0.3 is 59.9 Å². The van der Waals surface area contributed by atoms with Crippen molar-refractivity contribution in [3.8, 4) is 5.75 Å². The molecule has 0 bridgehead atoms. The van der Waals surface area contributed by atoms with Crippen molar-refractivity contribution in [3.05, 3.63) is 29.8 Å². The minimum atomic E-state index is -1.49. The summed E-state index contributed by atoms with van der Waals surface area (Å²) >= 11 is 0. The molecule has 0 radical (unpaired) electrons. The topological polar surface area (TPSA) is 320 Å². The molecule has 1 aromatic rings. The molecule has 5 unspecified atom stereocenters. The molecule has 17 heteroatoms. The standard InChI is InChI=1S/C25H42N10O7/c1-13(36)19(35-20(38)16(26)4-2-10-31-24(27)28)22(40)34-18(12-14-6-8-15(37)9-7-14)21(39)33-17(23(41)42)5-3-11-32-25(29)30/h6-9,13,16-19,36-37H,2-5,10-12,26H2,1H3,(H,33,39)(H,34,40)(H,35,38)(H,41,42)(H4,27,28,31)(H4,29,30,32). The summed E-state index contributed by atoms with van der Waals surface area (Å²) in [6, 6.07) is 0.600. The highest BCUT2D eigenvalue weighted by atomic mass is 16.4. The van der Waals surface area contributed by atoms with Crippen LogP contribution in [0.1, 0.15) is 38.2 Å². The molecule has 17 nitrogen and oxygen atoms in total. The number of hydrogen-bond donors (Lipinski definition) is 11. The third kappa shape index (κ3) is 13.6. The monoisotopic (exact) mass is 594 g/mol. The highest BCUT2D eigenvalue weighted by molar-refractivity contribution is 5.94. The number of aliphatic carboxylic acids is 1. The van der Waals surface area contributed by atoms with Crippen LogP contribution in [0.2, 0.25) is 0 Å². The summed E-state index contributed by atoms with van der Waals surface area (Å²) < 4.78 is 0. The van der Waals surface area contributed by atoms with Crippen molar-refractivity contribution in [2.24, 2.45) is 38.7 Å². The first kappa shape index (κ1) is 35.4. The van der Waals surface area contributed by atoms with Crippen LogP contribution in [-0.4, -0.2) is 94.3 Å². The zero-order valence-electron chi connectivity index (χ0n) is 23.4. The molecular weight excluding hydrogens is 552 g/mol. The Morgan fingerprint density at radius 2 is 1.33 bits per heavy atom. The SMILES string of the molecule is CC(O)C(NC(=O)C(N)CCCN=C(N)N)C(=O)NC(Cc1ccc(O)cc1)C(=O)NC(CCCN=C(N)N)C(=O)O. The van der Waals surface area contributed by atoms with E-state index in [9.17, 15) is 34.5 Å². The molecule has 0 aromatic heterocycles. The summed E-state index contributed by atoms with van der Waals surface area (Å²) in [7, 11) is 0. The van der Waals surface area contributed by atoms with E-state index in [2.05, 4.69) is 25.9 Å². The number of benzene rings is 1. The zero-order valence-corrected chi connectivity index (χ0v) is 23.4. The Kier molecular flexibility index (Phi) is 15.1. The van der Waals surface area contributed by atoms with Crippen molar-refractivity contribution in [2.45, 2.75) is 69.3 Å². The van der Waals surface area contributed by atoms with Crippen LogP contribution >= 0.6 is 0 Å². The molecule has 16 N–H and O–H groups in total. The average molecular weight is 595 g/mol. The van der Waals surface area contributed by atoms with Crippen molar-refractivity contribution >= 4 is 35.6 Å². The zero-order chi connectivity index (χ0) is 31.8. The van der Waals surface area contributed by atoms with Gasteiger partial charge in [-0.15, -0.1) is 0 Å². The van der Waals surface area contributed by atoms with E-state index in [1.165, 1.54) is 31.2 Å². The Morgan fingerprint density at radius 3 is 1.83 bits per heavy atom.